The minimum atomic E-state index is -0.909. The Balaban J connectivity index is 1.86. The molecule has 2 rings (SSSR count). The van der Waals surface area contributed by atoms with Crippen molar-refractivity contribution in [2.75, 3.05) is 5.75 Å². The van der Waals surface area contributed by atoms with Gasteiger partial charge in [-0.2, -0.15) is 0 Å². The van der Waals surface area contributed by atoms with Crippen LogP contribution < -0.4 is 0 Å². The third kappa shape index (κ3) is 4.11. The maximum Gasteiger partial charge on any atom is 0.336 e. The summed E-state index contributed by atoms with van der Waals surface area (Å²) in [5.41, 5.74) is 0.305. The molecule has 1 N–H and O–H groups in total. The minimum Gasteiger partial charge on any atom is -0.478 e. The molecule has 1 heterocycles. The van der Waals surface area contributed by atoms with E-state index in [1.807, 2.05) is 16.8 Å². The van der Waals surface area contributed by atoms with Crippen LogP contribution in [0.15, 0.2) is 46.3 Å². The number of imidazole rings is 1. The van der Waals surface area contributed by atoms with Gasteiger partial charge in [0.05, 0.1) is 11.9 Å². The topological polar surface area (TPSA) is 55.1 Å². The first-order valence-electron chi connectivity index (χ1n) is 5.78. The predicted molar refractivity (Wildman–Crippen MR) is 78.7 cm³/mol. The van der Waals surface area contributed by atoms with Crippen molar-refractivity contribution in [3.05, 3.63) is 47.0 Å². The van der Waals surface area contributed by atoms with E-state index in [-0.39, 0.29) is 0 Å². The van der Waals surface area contributed by atoms with Crippen molar-refractivity contribution >= 4 is 33.7 Å². The summed E-state index contributed by atoms with van der Waals surface area (Å²) >= 11 is 4.90. The van der Waals surface area contributed by atoms with Gasteiger partial charge in [0.2, 0.25) is 0 Å². The number of carboxylic acid groups (broad SMARTS) is 1. The molecule has 6 heteroatoms. The van der Waals surface area contributed by atoms with Gasteiger partial charge >= 0.3 is 5.97 Å². The second-order valence-electron chi connectivity index (χ2n) is 3.95. The summed E-state index contributed by atoms with van der Waals surface area (Å²) in [5.74, 6) is 0.0338. The second kappa shape index (κ2) is 6.77. The summed E-state index contributed by atoms with van der Waals surface area (Å²) in [4.78, 5) is 16.0. The predicted octanol–water partition coefficient (Wildman–Crippen LogP) is 3.53. The summed E-state index contributed by atoms with van der Waals surface area (Å²) < 4.78 is 2.65. The highest BCUT2D eigenvalue weighted by molar-refractivity contribution is 9.10. The second-order valence-corrected chi connectivity index (χ2v) is 5.97. The Morgan fingerprint density at radius 3 is 3.00 bits per heavy atom. The summed E-state index contributed by atoms with van der Waals surface area (Å²) in [6.07, 6.45) is 6.51. The number of aromatic nitrogens is 2. The van der Waals surface area contributed by atoms with Gasteiger partial charge in [-0.15, -0.1) is 11.8 Å². The molecule has 4 nitrogen and oxygen atoms in total. The molecule has 0 amide bonds. The molecular weight excluding hydrogens is 328 g/mol. The summed E-state index contributed by atoms with van der Waals surface area (Å²) in [6, 6.07) is 5.41. The molecule has 0 bridgehead atoms. The van der Waals surface area contributed by atoms with Gasteiger partial charge in [-0.1, -0.05) is 0 Å². The Bertz CT molecular complexity index is 558. The highest BCUT2D eigenvalue weighted by atomic mass is 79.9. The fraction of sp³-hybridized carbons (Fsp3) is 0.231. The number of hydrogen-bond donors (Lipinski definition) is 1. The monoisotopic (exact) mass is 340 g/mol. The van der Waals surface area contributed by atoms with E-state index in [0.29, 0.717) is 10.0 Å². The van der Waals surface area contributed by atoms with Crippen molar-refractivity contribution in [3.8, 4) is 0 Å². The van der Waals surface area contributed by atoms with Crippen LogP contribution >= 0.6 is 27.7 Å². The van der Waals surface area contributed by atoms with Crippen LogP contribution in [-0.2, 0) is 6.54 Å². The lowest BCUT2D eigenvalue weighted by atomic mass is 10.2. The number of rotatable bonds is 6. The highest BCUT2D eigenvalue weighted by Crippen LogP contribution is 2.25. The fourth-order valence-electron chi connectivity index (χ4n) is 1.61. The number of benzene rings is 1. The quantitative estimate of drug-likeness (QED) is 0.645. The van der Waals surface area contributed by atoms with Crippen LogP contribution in [0.4, 0.5) is 0 Å². The number of hydrogen-bond acceptors (Lipinski definition) is 3. The summed E-state index contributed by atoms with van der Waals surface area (Å²) in [7, 11) is 0. The maximum absolute atomic E-state index is 11.0. The Kier molecular flexibility index (Phi) is 5.04. The van der Waals surface area contributed by atoms with Crippen LogP contribution in [0.3, 0.4) is 0 Å². The van der Waals surface area contributed by atoms with Crippen LogP contribution in [0.25, 0.3) is 0 Å². The molecule has 2 aromatic rings. The van der Waals surface area contributed by atoms with Gasteiger partial charge in [0.25, 0.3) is 0 Å². The number of thioether (sulfide) groups is 1. The van der Waals surface area contributed by atoms with Crippen molar-refractivity contribution in [1.82, 2.24) is 9.55 Å². The smallest absolute Gasteiger partial charge is 0.336 e. The Labute approximate surface area is 124 Å². The lowest BCUT2D eigenvalue weighted by Crippen LogP contribution is -1.98. The number of aromatic carboxylic acids is 1. The van der Waals surface area contributed by atoms with Crippen LogP contribution in [-0.4, -0.2) is 26.4 Å². The largest absolute Gasteiger partial charge is 0.478 e. The molecule has 19 heavy (non-hydrogen) atoms. The first kappa shape index (κ1) is 14.1. The Hall–Kier alpha value is -1.27. The lowest BCUT2D eigenvalue weighted by Gasteiger charge is -2.05. The molecule has 0 atom stereocenters. The lowest BCUT2D eigenvalue weighted by molar-refractivity contribution is 0.0695. The molecule has 0 radical (unpaired) electrons. The molecule has 0 fully saturated rings. The molecule has 0 aliphatic rings. The van der Waals surface area contributed by atoms with E-state index in [1.54, 1.807) is 36.4 Å². The van der Waals surface area contributed by atoms with Gasteiger partial charge < -0.3 is 9.67 Å². The number of halogens is 1. The zero-order valence-electron chi connectivity index (χ0n) is 10.1. The Morgan fingerprint density at radius 1 is 1.47 bits per heavy atom. The SMILES string of the molecule is O=C(O)c1cc(SCCCn2ccnc2)ccc1Br. The van der Waals surface area contributed by atoms with Gasteiger partial charge in [-0.3, -0.25) is 0 Å². The van der Waals surface area contributed by atoms with Gasteiger partial charge in [0, 0.05) is 28.3 Å². The molecule has 0 saturated heterocycles. The number of aryl methyl sites for hydroxylation is 1. The van der Waals surface area contributed by atoms with E-state index >= 15 is 0 Å². The maximum atomic E-state index is 11.0. The van der Waals surface area contributed by atoms with E-state index in [4.69, 9.17) is 5.11 Å². The van der Waals surface area contributed by atoms with Crippen molar-refractivity contribution in [3.63, 3.8) is 0 Å². The molecule has 1 aromatic heterocycles. The van der Waals surface area contributed by atoms with E-state index in [2.05, 4.69) is 20.9 Å². The molecular formula is C13H13BrN2O2S. The van der Waals surface area contributed by atoms with Crippen molar-refractivity contribution in [2.45, 2.75) is 17.9 Å². The van der Waals surface area contributed by atoms with E-state index in [0.717, 1.165) is 23.6 Å². The third-order valence-corrected chi connectivity index (χ3v) is 4.33. The third-order valence-electron chi connectivity index (χ3n) is 2.56. The zero-order chi connectivity index (χ0) is 13.7. The molecule has 0 aliphatic heterocycles. The molecule has 100 valence electrons. The van der Waals surface area contributed by atoms with Crippen LogP contribution in [0.5, 0.6) is 0 Å². The van der Waals surface area contributed by atoms with Gasteiger partial charge in [-0.05, 0) is 46.3 Å². The molecule has 0 saturated carbocycles. The average Bonchev–Trinajstić information content (AvgIpc) is 2.89. The fourth-order valence-corrected chi connectivity index (χ4v) is 2.91. The van der Waals surface area contributed by atoms with Crippen LogP contribution in [0.1, 0.15) is 16.8 Å². The minimum absolute atomic E-state index is 0.305. The van der Waals surface area contributed by atoms with Crippen molar-refractivity contribution < 1.29 is 9.90 Å². The van der Waals surface area contributed by atoms with Crippen molar-refractivity contribution in [1.29, 1.82) is 0 Å². The highest BCUT2D eigenvalue weighted by Gasteiger charge is 2.08. The summed E-state index contributed by atoms with van der Waals surface area (Å²) in [5, 5.41) is 9.04. The number of nitrogens with zero attached hydrogens (tertiary/aromatic N) is 2. The molecule has 0 spiro atoms. The summed E-state index contributed by atoms with van der Waals surface area (Å²) in [6.45, 7) is 0.926. The molecule has 0 unspecified atom stereocenters. The first-order valence-corrected chi connectivity index (χ1v) is 7.56. The Morgan fingerprint density at radius 2 is 2.32 bits per heavy atom. The van der Waals surface area contributed by atoms with Gasteiger partial charge in [0.15, 0.2) is 0 Å². The first-order chi connectivity index (χ1) is 9.16. The number of carbonyl (C=O) groups is 1. The zero-order valence-corrected chi connectivity index (χ0v) is 12.5. The van der Waals surface area contributed by atoms with E-state index < -0.39 is 5.97 Å². The van der Waals surface area contributed by atoms with Gasteiger partial charge in [0.1, 0.15) is 0 Å². The van der Waals surface area contributed by atoms with Crippen molar-refractivity contribution in [2.24, 2.45) is 0 Å². The molecule has 1 aromatic carbocycles. The standard InChI is InChI=1S/C13H13BrN2O2S/c14-12-3-2-10(8-11(12)13(17)18)19-7-1-5-16-6-4-15-9-16/h2-4,6,8-9H,1,5,7H2,(H,17,18). The number of carboxylic acids is 1. The van der Waals surface area contributed by atoms with E-state index in [9.17, 15) is 4.79 Å². The average molecular weight is 341 g/mol. The van der Waals surface area contributed by atoms with E-state index in [1.165, 1.54) is 0 Å². The van der Waals surface area contributed by atoms with Crippen LogP contribution in [0, 0.1) is 0 Å². The normalized spacial score (nSPS) is 10.6. The molecule has 0 aliphatic carbocycles. The van der Waals surface area contributed by atoms with Crippen LogP contribution in [0.2, 0.25) is 0 Å². The van der Waals surface area contributed by atoms with Gasteiger partial charge in [-0.25, -0.2) is 9.78 Å².